The van der Waals surface area contributed by atoms with Gasteiger partial charge in [-0.3, -0.25) is 4.79 Å². The lowest BCUT2D eigenvalue weighted by Gasteiger charge is -2.27. The predicted molar refractivity (Wildman–Crippen MR) is 60.0 cm³/mol. The third-order valence-corrected chi connectivity index (χ3v) is 3.41. The van der Waals surface area contributed by atoms with Crippen LogP contribution in [0.4, 0.5) is 0 Å². The number of nitrogens with one attached hydrogen (secondary N) is 1. The Labute approximate surface area is 93.3 Å². The highest BCUT2D eigenvalue weighted by molar-refractivity contribution is 7.09. The Morgan fingerprint density at radius 2 is 2.33 bits per heavy atom. The average Bonchev–Trinajstić information content (AvgIpc) is 2.65. The maximum atomic E-state index is 11.8. The monoisotopic (exact) mass is 225 g/mol. The van der Waals surface area contributed by atoms with E-state index in [1.54, 1.807) is 11.3 Å². The van der Waals surface area contributed by atoms with Gasteiger partial charge in [-0.05, 0) is 6.92 Å². The molecule has 1 saturated heterocycles. The summed E-state index contributed by atoms with van der Waals surface area (Å²) in [4.78, 5) is 18.1. The summed E-state index contributed by atoms with van der Waals surface area (Å²) < 4.78 is 0. The summed E-state index contributed by atoms with van der Waals surface area (Å²) in [5.74, 6) is 0.200. The van der Waals surface area contributed by atoms with Gasteiger partial charge in [0.05, 0.1) is 6.42 Å². The van der Waals surface area contributed by atoms with Crippen LogP contribution in [0.15, 0.2) is 5.38 Å². The van der Waals surface area contributed by atoms with Crippen LogP contribution < -0.4 is 5.32 Å². The summed E-state index contributed by atoms with van der Waals surface area (Å²) in [7, 11) is 0. The van der Waals surface area contributed by atoms with E-state index in [1.165, 1.54) is 0 Å². The maximum absolute atomic E-state index is 11.8. The van der Waals surface area contributed by atoms with Gasteiger partial charge >= 0.3 is 0 Å². The number of thiazole rings is 1. The van der Waals surface area contributed by atoms with Gasteiger partial charge in [0.15, 0.2) is 0 Å². The number of hydrogen-bond donors (Lipinski definition) is 1. The van der Waals surface area contributed by atoms with E-state index in [1.807, 2.05) is 17.2 Å². The van der Waals surface area contributed by atoms with Crippen molar-refractivity contribution in [3.63, 3.8) is 0 Å². The van der Waals surface area contributed by atoms with E-state index in [0.29, 0.717) is 6.42 Å². The minimum absolute atomic E-state index is 0.200. The smallest absolute Gasteiger partial charge is 0.229 e. The number of rotatable bonds is 2. The van der Waals surface area contributed by atoms with Crippen LogP contribution in [-0.4, -0.2) is 42.0 Å². The van der Waals surface area contributed by atoms with Crippen molar-refractivity contribution in [3.05, 3.63) is 16.1 Å². The molecule has 1 aromatic rings. The molecule has 1 aliphatic rings. The Morgan fingerprint density at radius 1 is 1.60 bits per heavy atom. The minimum atomic E-state index is 0.200. The molecule has 1 amide bonds. The number of piperazine rings is 1. The molecule has 0 radical (unpaired) electrons. The van der Waals surface area contributed by atoms with Crippen molar-refractivity contribution < 1.29 is 4.79 Å². The first kappa shape index (κ1) is 10.6. The van der Waals surface area contributed by atoms with Crippen molar-refractivity contribution in [2.75, 3.05) is 26.2 Å². The van der Waals surface area contributed by atoms with Crippen LogP contribution in [0.3, 0.4) is 0 Å². The van der Waals surface area contributed by atoms with E-state index < -0.39 is 0 Å². The molecule has 0 spiro atoms. The largest absolute Gasteiger partial charge is 0.340 e. The molecule has 0 saturated carbocycles. The van der Waals surface area contributed by atoms with Gasteiger partial charge in [0.2, 0.25) is 5.91 Å². The third kappa shape index (κ3) is 2.76. The van der Waals surface area contributed by atoms with Gasteiger partial charge in [0, 0.05) is 37.3 Å². The lowest BCUT2D eigenvalue weighted by Crippen LogP contribution is -2.46. The van der Waals surface area contributed by atoms with Gasteiger partial charge in [-0.15, -0.1) is 11.3 Å². The second kappa shape index (κ2) is 4.72. The lowest BCUT2D eigenvalue weighted by molar-refractivity contribution is -0.131. The van der Waals surface area contributed by atoms with Crippen LogP contribution >= 0.6 is 11.3 Å². The number of carbonyl (C=O) groups excluding carboxylic acids is 1. The normalized spacial score (nSPS) is 16.7. The van der Waals surface area contributed by atoms with E-state index in [0.717, 1.165) is 36.9 Å². The Kier molecular flexibility index (Phi) is 3.33. The second-order valence-corrected chi connectivity index (χ2v) is 4.63. The van der Waals surface area contributed by atoms with Crippen LogP contribution in [0, 0.1) is 6.92 Å². The number of hydrogen-bond acceptors (Lipinski definition) is 4. The molecule has 15 heavy (non-hydrogen) atoms. The van der Waals surface area contributed by atoms with Crippen LogP contribution in [0.2, 0.25) is 0 Å². The number of carbonyl (C=O) groups is 1. The van der Waals surface area contributed by atoms with Crippen LogP contribution in [0.5, 0.6) is 0 Å². The van der Waals surface area contributed by atoms with E-state index in [-0.39, 0.29) is 5.91 Å². The van der Waals surface area contributed by atoms with Gasteiger partial charge in [-0.1, -0.05) is 0 Å². The van der Waals surface area contributed by atoms with Crippen LogP contribution in [0.1, 0.15) is 10.7 Å². The highest BCUT2D eigenvalue weighted by Crippen LogP contribution is 2.10. The fourth-order valence-corrected chi connectivity index (χ4v) is 2.40. The van der Waals surface area contributed by atoms with Gasteiger partial charge in [-0.25, -0.2) is 4.98 Å². The van der Waals surface area contributed by atoms with E-state index >= 15 is 0 Å². The van der Waals surface area contributed by atoms with Crippen LogP contribution in [0.25, 0.3) is 0 Å². The standard InChI is InChI=1S/C10H15N3OS/c1-8-7-15-9(12-8)6-10(14)13-4-2-11-3-5-13/h7,11H,2-6H2,1H3. The molecule has 1 aliphatic heterocycles. The first-order valence-electron chi connectivity index (χ1n) is 5.15. The van der Waals surface area contributed by atoms with Gasteiger partial charge in [0.25, 0.3) is 0 Å². The molecule has 0 atom stereocenters. The highest BCUT2D eigenvalue weighted by Gasteiger charge is 2.17. The zero-order chi connectivity index (χ0) is 10.7. The van der Waals surface area contributed by atoms with Crippen molar-refractivity contribution in [2.24, 2.45) is 0 Å². The third-order valence-electron chi connectivity index (χ3n) is 2.44. The summed E-state index contributed by atoms with van der Waals surface area (Å²) in [6.07, 6.45) is 0.457. The molecule has 1 fully saturated rings. The molecule has 5 heteroatoms. The van der Waals surface area contributed by atoms with E-state index in [9.17, 15) is 4.79 Å². The highest BCUT2D eigenvalue weighted by atomic mass is 32.1. The maximum Gasteiger partial charge on any atom is 0.229 e. The molecule has 2 rings (SSSR count). The predicted octanol–water partition coefficient (Wildman–Crippen LogP) is 0.426. The minimum Gasteiger partial charge on any atom is -0.340 e. The zero-order valence-corrected chi connectivity index (χ0v) is 9.64. The Hall–Kier alpha value is -0.940. The first-order valence-corrected chi connectivity index (χ1v) is 6.03. The fourth-order valence-electron chi connectivity index (χ4n) is 1.64. The number of aryl methyl sites for hydroxylation is 1. The average molecular weight is 225 g/mol. The van der Waals surface area contributed by atoms with Crippen molar-refractivity contribution in [2.45, 2.75) is 13.3 Å². The fraction of sp³-hybridized carbons (Fsp3) is 0.600. The Balaban J connectivity index is 1.91. The molecule has 2 heterocycles. The molecule has 0 unspecified atom stereocenters. The van der Waals surface area contributed by atoms with Crippen LogP contribution in [-0.2, 0) is 11.2 Å². The summed E-state index contributed by atoms with van der Waals surface area (Å²) in [5, 5.41) is 6.14. The van der Waals surface area contributed by atoms with E-state index in [2.05, 4.69) is 10.3 Å². The molecular weight excluding hydrogens is 210 g/mol. The van der Waals surface area contributed by atoms with Crippen molar-refractivity contribution >= 4 is 17.2 Å². The number of nitrogens with zero attached hydrogens (tertiary/aromatic N) is 2. The number of amides is 1. The second-order valence-electron chi connectivity index (χ2n) is 3.69. The zero-order valence-electron chi connectivity index (χ0n) is 8.82. The molecule has 82 valence electrons. The quantitative estimate of drug-likeness (QED) is 0.793. The first-order chi connectivity index (χ1) is 7.25. The summed E-state index contributed by atoms with van der Waals surface area (Å²) in [5.41, 5.74) is 1.00. The van der Waals surface area contributed by atoms with Crippen molar-refractivity contribution in [1.82, 2.24) is 15.2 Å². The molecular formula is C10H15N3OS. The molecule has 0 bridgehead atoms. The molecule has 0 aromatic carbocycles. The van der Waals surface area contributed by atoms with Crippen molar-refractivity contribution in [3.8, 4) is 0 Å². The van der Waals surface area contributed by atoms with Crippen molar-refractivity contribution in [1.29, 1.82) is 0 Å². The van der Waals surface area contributed by atoms with Gasteiger partial charge < -0.3 is 10.2 Å². The Bertz CT molecular complexity index is 344. The molecule has 0 aliphatic carbocycles. The molecule has 1 N–H and O–H groups in total. The topological polar surface area (TPSA) is 45.2 Å². The van der Waals surface area contributed by atoms with E-state index in [4.69, 9.17) is 0 Å². The summed E-state index contributed by atoms with van der Waals surface area (Å²) in [6.45, 7) is 5.41. The summed E-state index contributed by atoms with van der Waals surface area (Å²) >= 11 is 1.57. The molecule has 4 nitrogen and oxygen atoms in total. The summed E-state index contributed by atoms with van der Waals surface area (Å²) in [6, 6.07) is 0. The number of aromatic nitrogens is 1. The Morgan fingerprint density at radius 3 is 2.93 bits per heavy atom. The van der Waals surface area contributed by atoms with Gasteiger partial charge in [0.1, 0.15) is 5.01 Å². The van der Waals surface area contributed by atoms with Gasteiger partial charge in [-0.2, -0.15) is 0 Å². The SMILES string of the molecule is Cc1csc(CC(=O)N2CCNCC2)n1. The molecule has 1 aromatic heterocycles. The lowest BCUT2D eigenvalue weighted by atomic mass is 10.3.